The summed E-state index contributed by atoms with van der Waals surface area (Å²) in [5.74, 6) is 4.19. The molecule has 0 aromatic heterocycles. The molecule has 2 aliphatic rings. The number of aliphatic imine (C=N–C) groups is 1. The van der Waals surface area contributed by atoms with Crippen LogP contribution in [0, 0.1) is 5.92 Å². The third-order valence-corrected chi connectivity index (χ3v) is 6.93. The summed E-state index contributed by atoms with van der Waals surface area (Å²) in [5, 5.41) is 8.02. The fraction of sp³-hybridized carbons (Fsp3) is 0.650. The van der Waals surface area contributed by atoms with Crippen LogP contribution in [0.15, 0.2) is 29.3 Å². The third kappa shape index (κ3) is 6.07. The van der Waals surface area contributed by atoms with Gasteiger partial charge in [-0.15, -0.1) is 0 Å². The lowest BCUT2D eigenvalue weighted by Gasteiger charge is -2.33. The molecule has 1 aromatic carbocycles. The molecule has 26 heavy (non-hydrogen) atoms. The highest BCUT2D eigenvalue weighted by Gasteiger charge is 2.21. The molecule has 1 aromatic rings. The van der Waals surface area contributed by atoms with Gasteiger partial charge in [0.25, 0.3) is 0 Å². The van der Waals surface area contributed by atoms with Gasteiger partial charge in [-0.3, -0.25) is 9.89 Å². The molecular weight excluding hydrogens is 364 g/mol. The van der Waals surface area contributed by atoms with Crippen LogP contribution < -0.4 is 10.6 Å². The predicted octanol–water partition coefficient (Wildman–Crippen LogP) is 3.61. The molecule has 0 bridgehead atoms. The molecule has 0 spiro atoms. The number of hydrogen-bond donors (Lipinski definition) is 2. The lowest BCUT2D eigenvalue weighted by molar-refractivity contribution is 0.178. The number of piperidine rings is 1. The van der Waals surface area contributed by atoms with Gasteiger partial charge < -0.3 is 10.6 Å². The molecule has 0 amide bonds. The van der Waals surface area contributed by atoms with Crippen LogP contribution in [0.3, 0.4) is 0 Å². The van der Waals surface area contributed by atoms with Crippen LogP contribution >= 0.6 is 23.4 Å². The Balaban J connectivity index is 1.37. The van der Waals surface area contributed by atoms with E-state index in [1.165, 1.54) is 42.8 Å². The standard InChI is InChI=1S/C20H31ClN4S/c1-22-20(24-18-6-4-12-26-15-18)23-13-16-8-10-25(11-9-16)14-17-5-2-3-7-19(17)21/h2-3,5,7,16,18H,4,6,8-15H2,1H3,(H2,22,23,24). The number of nitrogens with one attached hydrogen (secondary N) is 2. The predicted molar refractivity (Wildman–Crippen MR) is 114 cm³/mol. The van der Waals surface area contributed by atoms with Crippen LogP contribution in [0.2, 0.25) is 5.02 Å². The second kappa shape index (κ2) is 10.4. The largest absolute Gasteiger partial charge is 0.356 e. The van der Waals surface area contributed by atoms with Gasteiger partial charge in [0.05, 0.1) is 0 Å². The van der Waals surface area contributed by atoms with E-state index in [0.717, 1.165) is 43.1 Å². The number of hydrogen-bond acceptors (Lipinski definition) is 3. The Morgan fingerprint density at radius 1 is 1.27 bits per heavy atom. The van der Waals surface area contributed by atoms with Gasteiger partial charge in [0.2, 0.25) is 0 Å². The molecule has 2 heterocycles. The Morgan fingerprint density at radius 3 is 2.77 bits per heavy atom. The van der Waals surface area contributed by atoms with Crippen LogP contribution in [0.1, 0.15) is 31.2 Å². The highest BCUT2D eigenvalue weighted by Crippen LogP contribution is 2.22. The summed E-state index contributed by atoms with van der Waals surface area (Å²) in [6, 6.07) is 8.75. The maximum atomic E-state index is 6.29. The molecule has 144 valence electrons. The number of halogens is 1. The van der Waals surface area contributed by atoms with Crippen molar-refractivity contribution in [2.24, 2.45) is 10.9 Å². The average molecular weight is 395 g/mol. The summed E-state index contributed by atoms with van der Waals surface area (Å²) in [5.41, 5.74) is 1.24. The second-order valence-electron chi connectivity index (χ2n) is 7.32. The van der Waals surface area contributed by atoms with E-state index in [9.17, 15) is 0 Å². The van der Waals surface area contributed by atoms with Crippen molar-refractivity contribution in [3.8, 4) is 0 Å². The summed E-state index contributed by atoms with van der Waals surface area (Å²) < 4.78 is 0. The number of benzene rings is 1. The van der Waals surface area contributed by atoms with Gasteiger partial charge in [0.1, 0.15) is 0 Å². The summed E-state index contributed by atoms with van der Waals surface area (Å²) in [6.07, 6.45) is 5.03. The topological polar surface area (TPSA) is 39.7 Å². The van der Waals surface area contributed by atoms with E-state index in [0.29, 0.717) is 6.04 Å². The van der Waals surface area contributed by atoms with Gasteiger partial charge >= 0.3 is 0 Å². The number of likely N-dealkylation sites (tertiary alicyclic amines) is 1. The molecule has 2 saturated heterocycles. The van der Waals surface area contributed by atoms with Crippen molar-refractivity contribution >= 4 is 29.3 Å². The molecule has 4 nitrogen and oxygen atoms in total. The van der Waals surface area contributed by atoms with E-state index in [-0.39, 0.29) is 0 Å². The van der Waals surface area contributed by atoms with Crippen molar-refractivity contribution < 1.29 is 0 Å². The zero-order valence-electron chi connectivity index (χ0n) is 15.7. The van der Waals surface area contributed by atoms with Gasteiger partial charge in [0.15, 0.2) is 5.96 Å². The van der Waals surface area contributed by atoms with Crippen LogP contribution in [-0.4, -0.2) is 55.1 Å². The van der Waals surface area contributed by atoms with Gasteiger partial charge in [-0.05, 0) is 62.1 Å². The first-order valence-electron chi connectivity index (χ1n) is 9.75. The van der Waals surface area contributed by atoms with Crippen molar-refractivity contribution in [3.05, 3.63) is 34.9 Å². The van der Waals surface area contributed by atoms with Crippen molar-refractivity contribution in [1.82, 2.24) is 15.5 Å². The second-order valence-corrected chi connectivity index (χ2v) is 8.88. The molecule has 0 aliphatic carbocycles. The average Bonchev–Trinajstić information content (AvgIpc) is 2.69. The summed E-state index contributed by atoms with van der Waals surface area (Å²) in [6.45, 7) is 4.26. The van der Waals surface area contributed by atoms with Gasteiger partial charge in [-0.2, -0.15) is 11.8 Å². The number of guanidine groups is 1. The van der Waals surface area contributed by atoms with Crippen LogP contribution in [-0.2, 0) is 6.54 Å². The molecule has 1 atom stereocenters. The first-order valence-corrected chi connectivity index (χ1v) is 11.3. The van der Waals surface area contributed by atoms with E-state index in [1.54, 1.807) is 0 Å². The van der Waals surface area contributed by atoms with Crippen LogP contribution in [0.4, 0.5) is 0 Å². The Morgan fingerprint density at radius 2 is 2.08 bits per heavy atom. The Hall–Kier alpha value is -0.910. The third-order valence-electron chi connectivity index (χ3n) is 5.34. The number of thioether (sulfide) groups is 1. The summed E-state index contributed by atoms with van der Waals surface area (Å²) >= 11 is 8.34. The molecule has 2 aliphatic heterocycles. The van der Waals surface area contributed by atoms with Crippen molar-refractivity contribution in [2.75, 3.05) is 38.2 Å². The fourth-order valence-corrected chi connectivity index (χ4v) is 4.97. The molecule has 0 radical (unpaired) electrons. The van der Waals surface area contributed by atoms with Crippen LogP contribution in [0.25, 0.3) is 0 Å². The highest BCUT2D eigenvalue weighted by atomic mass is 35.5. The minimum atomic E-state index is 0.567. The SMILES string of the molecule is CN=C(NCC1CCN(Cc2ccccc2Cl)CC1)NC1CCCSC1. The number of rotatable bonds is 5. The maximum Gasteiger partial charge on any atom is 0.191 e. The fourth-order valence-electron chi connectivity index (χ4n) is 3.70. The zero-order chi connectivity index (χ0) is 18.2. The first-order chi connectivity index (χ1) is 12.7. The highest BCUT2D eigenvalue weighted by molar-refractivity contribution is 7.99. The molecule has 2 N–H and O–H groups in total. The minimum absolute atomic E-state index is 0.567. The summed E-state index contributed by atoms with van der Waals surface area (Å²) in [7, 11) is 1.87. The monoisotopic (exact) mass is 394 g/mol. The van der Waals surface area contributed by atoms with E-state index in [1.807, 2.05) is 30.9 Å². The van der Waals surface area contributed by atoms with E-state index in [4.69, 9.17) is 11.6 Å². The van der Waals surface area contributed by atoms with Gasteiger partial charge in [-0.1, -0.05) is 29.8 Å². The van der Waals surface area contributed by atoms with E-state index >= 15 is 0 Å². The molecule has 0 saturated carbocycles. The maximum absolute atomic E-state index is 6.29. The normalized spacial score (nSPS) is 23.0. The van der Waals surface area contributed by atoms with Gasteiger partial charge in [0, 0.05) is 37.0 Å². The minimum Gasteiger partial charge on any atom is -0.356 e. The quantitative estimate of drug-likeness (QED) is 0.591. The summed E-state index contributed by atoms with van der Waals surface area (Å²) in [4.78, 5) is 6.93. The first kappa shape index (κ1) is 19.8. The Bertz CT molecular complexity index is 581. The van der Waals surface area contributed by atoms with Crippen molar-refractivity contribution in [2.45, 2.75) is 38.3 Å². The van der Waals surface area contributed by atoms with E-state index < -0.39 is 0 Å². The molecule has 6 heteroatoms. The molecule has 3 rings (SSSR count). The lowest BCUT2D eigenvalue weighted by Crippen LogP contribution is -2.47. The molecular formula is C20H31ClN4S. The molecule has 1 unspecified atom stereocenters. The lowest BCUT2D eigenvalue weighted by atomic mass is 9.96. The van der Waals surface area contributed by atoms with E-state index in [2.05, 4.69) is 32.7 Å². The zero-order valence-corrected chi connectivity index (χ0v) is 17.3. The smallest absolute Gasteiger partial charge is 0.191 e. The van der Waals surface area contributed by atoms with Crippen LogP contribution in [0.5, 0.6) is 0 Å². The van der Waals surface area contributed by atoms with Crippen molar-refractivity contribution in [3.63, 3.8) is 0 Å². The van der Waals surface area contributed by atoms with Gasteiger partial charge in [-0.25, -0.2) is 0 Å². The Kier molecular flexibility index (Phi) is 7.96. The van der Waals surface area contributed by atoms with Crippen molar-refractivity contribution in [1.29, 1.82) is 0 Å². The molecule has 2 fully saturated rings. The Labute approximate surface area is 167 Å². The number of nitrogens with zero attached hydrogens (tertiary/aromatic N) is 2.